The Morgan fingerprint density at radius 3 is 2.47 bits per heavy atom. The Kier molecular flexibility index (Phi) is 6.41. The molecule has 1 atom stereocenters. The van der Waals surface area contributed by atoms with Gasteiger partial charge in [-0.2, -0.15) is 0 Å². The third-order valence-corrected chi connectivity index (χ3v) is 6.74. The summed E-state index contributed by atoms with van der Waals surface area (Å²) in [6.07, 6.45) is 4.15. The number of hydrogen-bond donors (Lipinski definition) is 3. The van der Waals surface area contributed by atoms with Crippen molar-refractivity contribution in [2.75, 3.05) is 12.4 Å². The number of fused-ring (bicyclic) bond motifs is 1. The van der Waals surface area contributed by atoms with Crippen molar-refractivity contribution in [1.29, 1.82) is 0 Å². The fraction of sp³-hybridized carbons (Fsp3) is 0.292. The molecule has 2 heterocycles. The van der Waals surface area contributed by atoms with Crippen LogP contribution in [0.3, 0.4) is 0 Å². The lowest BCUT2D eigenvalue weighted by Crippen LogP contribution is -2.46. The van der Waals surface area contributed by atoms with Crippen LogP contribution in [-0.4, -0.2) is 30.8 Å². The Morgan fingerprint density at radius 2 is 1.78 bits per heavy atom. The summed E-state index contributed by atoms with van der Waals surface area (Å²) >= 11 is 1.47. The lowest BCUT2D eigenvalue weighted by molar-refractivity contribution is 0.0853. The summed E-state index contributed by atoms with van der Waals surface area (Å²) in [7, 11) is 1.59. The minimum Gasteiger partial charge on any atom is -0.459 e. The van der Waals surface area contributed by atoms with E-state index < -0.39 is 12.1 Å². The van der Waals surface area contributed by atoms with Gasteiger partial charge in [0.1, 0.15) is 5.00 Å². The van der Waals surface area contributed by atoms with Crippen LogP contribution in [0, 0.1) is 6.92 Å². The van der Waals surface area contributed by atoms with Gasteiger partial charge in [0.25, 0.3) is 11.8 Å². The molecule has 1 aliphatic rings. The van der Waals surface area contributed by atoms with Gasteiger partial charge >= 0.3 is 0 Å². The van der Waals surface area contributed by atoms with Gasteiger partial charge in [-0.25, -0.2) is 0 Å². The number of nitrogens with one attached hydrogen (secondary N) is 3. The monoisotopic (exact) mass is 451 g/mol. The van der Waals surface area contributed by atoms with E-state index in [9.17, 15) is 14.4 Å². The van der Waals surface area contributed by atoms with Gasteiger partial charge in [-0.05, 0) is 50.3 Å². The van der Waals surface area contributed by atoms with E-state index in [-0.39, 0.29) is 17.5 Å². The zero-order valence-corrected chi connectivity index (χ0v) is 18.8. The smallest absolute Gasteiger partial charge is 0.288 e. The maximum atomic E-state index is 13.4. The number of ketones is 1. The van der Waals surface area contributed by atoms with Gasteiger partial charge in [0.05, 0.1) is 11.8 Å². The van der Waals surface area contributed by atoms with Gasteiger partial charge in [0.2, 0.25) is 5.78 Å². The number of anilines is 1. The van der Waals surface area contributed by atoms with E-state index in [1.54, 1.807) is 25.2 Å². The molecule has 3 N–H and O–H groups in total. The number of hydrogen-bond acceptors (Lipinski definition) is 6. The zero-order chi connectivity index (χ0) is 22.7. The minimum absolute atomic E-state index is 0.102. The van der Waals surface area contributed by atoms with E-state index >= 15 is 0 Å². The molecule has 0 fully saturated rings. The molecule has 32 heavy (non-hydrogen) atoms. The minimum atomic E-state index is -1.07. The molecule has 3 aromatic rings. The lowest BCUT2D eigenvalue weighted by Gasteiger charge is -2.20. The third-order valence-electron chi connectivity index (χ3n) is 5.52. The number of thiophene rings is 1. The number of rotatable bonds is 7. The van der Waals surface area contributed by atoms with Crippen molar-refractivity contribution >= 4 is 33.9 Å². The summed E-state index contributed by atoms with van der Waals surface area (Å²) in [4.78, 5) is 39.9. The average molecular weight is 452 g/mol. The van der Waals surface area contributed by atoms with Crippen LogP contribution >= 0.6 is 11.3 Å². The highest BCUT2D eigenvalue weighted by molar-refractivity contribution is 7.16. The Balaban J connectivity index is 1.69. The largest absolute Gasteiger partial charge is 0.459 e. The number of carbonyl (C=O) groups is 3. The zero-order valence-electron chi connectivity index (χ0n) is 18.0. The molecule has 0 saturated carbocycles. The Labute approximate surface area is 190 Å². The first-order valence-electron chi connectivity index (χ1n) is 10.6. The molecule has 7 nitrogen and oxygen atoms in total. The van der Waals surface area contributed by atoms with Gasteiger partial charge in [0, 0.05) is 17.5 Å². The maximum absolute atomic E-state index is 13.4. The highest BCUT2D eigenvalue weighted by atomic mass is 32.1. The summed E-state index contributed by atoms with van der Waals surface area (Å²) in [5, 5.41) is 9.17. The van der Waals surface area contributed by atoms with Gasteiger partial charge in [-0.1, -0.05) is 29.8 Å². The SMILES string of the molecule is CNC(=O)c1c(N[C@@H](NC(=O)c2ccco2)C(=O)c2ccc(C)cc2)sc2c1CCCC2. The molecule has 0 unspecified atom stereocenters. The second kappa shape index (κ2) is 9.40. The van der Waals surface area contributed by atoms with Crippen LogP contribution in [0.1, 0.15) is 60.1 Å². The van der Waals surface area contributed by atoms with E-state index in [0.29, 0.717) is 16.1 Å². The van der Waals surface area contributed by atoms with Crippen LogP contribution in [0.5, 0.6) is 0 Å². The van der Waals surface area contributed by atoms with Gasteiger partial charge in [-0.15, -0.1) is 11.3 Å². The summed E-state index contributed by atoms with van der Waals surface area (Å²) in [5.41, 5.74) is 3.07. The molecular weight excluding hydrogens is 426 g/mol. The van der Waals surface area contributed by atoms with Gasteiger partial charge in [0.15, 0.2) is 11.9 Å². The average Bonchev–Trinajstić information content (AvgIpc) is 3.46. The molecule has 166 valence electrons. The number of carbonyl (C=O) groups excluding carboxylic acids is 3. The molecule has 0 saturated heterocycles. The van der Waals surface area contributed by atoms with E-state index in [4.69, 9.17) is 4.42 Å². The molecule has 8 heteroatoms. The van der Waals surface area contributed by atoms with Crippen molar-refractivity contribution in [2.24, 2.45) is 0 Å². The molecule has 0 bridgehead atoms. The Hall–Kier alpha value is -3.39. The van der Waals surface area contributed by atoms with Crippen LogP contribution in [0.25, 0.3) is 0 Å². The predicted molar refractivity (Wildman–Crippen MR) is 123 cm³/mol. The fourth-order valence-electron chi connectivity index (χ4n) is 3.83. The van der Waals surface area contributed by atoms with E-state index in [0.717, 1.165) is 41.7 Å². The topological polar surface area (TPSA) is 100 Å². The number of benzene rings is 1. The molecule has 1 aromatic carbocycles. The van der Waals surface area contributed by atoms with Gasteiger partial charge in [-0.3, -0.25) is 14.4 Å². The normalized spacial score (nSPS) is 13.7. The van der Waals surface area contributed by atoms with Crippen molar-refractivity contribution in [2.45, 2.75) is 38.8 Å². The van der Waals surface area contributed by atoms with Crippen molar-refractivity contribution in [3.05, 3.63) is 75.6 Å². The van der Waals surface area contributed by atoms with Crippen LogP contribution in [-0.2, 0) is 12.8 Å². The summed E-state index contributed by atoms with van der Waals surface area (Å²) in [5.74, 6) is -0.925. The van der Waals surface area contributed by atoms with Crippen LogP contribution < -0.4 is 16.0 Å². The molecule has 2 amide bonds. The van der Waals surface area contributed by atoms with E-state index in [2.05, 4.69) is 16.0 Å². The summed E-state index contributed by atoms with van der Waals surface area (Å²) in [6.45, 7) is 1.94. The number of aryl methyl sites for hydroxylation is 2. The van der Waals surface area contributed by atoms with E-state index in [1.165, 1.54) is 23.7 Å². The molecule has 4 rings (SSSR count). The van der Waals surface area contributed by atoms with Crippen LogP contribution in [0.4, 0.5) is 5.00 Å². The standard InChI is InChI=1S/C24H25N3O4S/c1-14-9-11-15(12-10-14)20(28)21(26-22(29)17-7-5-13-31-17)27-24-19(23(30)25-2)16-6-3-4-8-18(16)32-24/h5,7,9-13,21,27H,3-4,6,8H2,1-2H3,(H,25,30)(H,26,29)/t21-/m1/s1. The second-order valence-corrected chi connectivity index (χ2v) is 8.86. The van der Waals surface area contributed by atoms with Crippen LogP contribution in [0.15, 0.2) is 47.1 Å². The highest BCUT2D eigenvalue weighted by Gasteiger charge is 2.29. The van der Waals surface area contributed by atoms with Gasteiger partial charge < -0.3 is 20.4 Å². The van der Waals surface area contributed by atoms with Crippen molar-refractivity contribution in [1.82, 2.24) is 10.6 Å². The molecule has 0 radical (unpaired) electrons. The fourth-order valence-corrected chi connectivity index (χ4v) is 5.14. The van der Waals surface area contributed by atoms with Crippen LogP contribution in [0.2, 0.25) is 0 Å². The number of amides is 2. The molecule has 1 aliphatic carbocycles. The first-order chi connectivity index (χ1) is 15.5. The first-order valence-corrected chi connectivity index (χ1v) is 11.4. The number of furan rings is 1. The Bertz CT molecular complexity index is 1130. The Morgan fingerprint density at radius 1 is 1.03 bits per heavy atom. The third kappa shape index (κ3) is 4.45. The maximum Gasteiger partial charge on any atom is 0.288 e. The quantitative estimate of drug-likeness (QED) is 0.373. The highest BCUT2D eigenvalue weighted by Crippen LogP contribution is 2.38. The van der Waals surface area contributed by atoms with Crippen molar-refractivity contribution < 1.29 is 18.8 Å². The summed E-state index contributed by atoms with van der Waals surface area (Å²) in [6, 6.07) is 10.3. The van der Waals surface area contributed by atoms with Crippen molar-refractivity contribution in [3.8, 4) is 0 Å². The predicted octanol–water partition coefficient (Wildman–Crippen LogP) is 3.94. The molecule has 0 aliphatic heterocycles. The molecule has 2 aromatic heterocycles. The number of Topliss-reactive ketones (excluding diaryl/α,β-unsaturated/α-hetero) is 1. The summed E-state index contributed by atoms with van der Waals surface area (Å²) < 4.78 is 5.18. The first kappa shape index (κ1) is 21.8. The lowest BCUT2D eigenvalue weighted by atomic mass is 9.95. The second-order valence-electron chi connectivity index (χ2n) is 7.75. The molecular formula is C24H25N3O4S. The van der Waals surface area contributed by atoms with E-state index in [1.807, 2.05) is 19.1 Å². The molecule has 0 spiro atoms. The van der Waals surface area contributed by atoms with Crippen molar-refractivity contribution in [3.63, 3.8) is 0 Å².